The van der Waals surface area contributed by atoms with Gasteiger partial charge in [-0.3, -0.25) is 4.79 Å². The molecule has 0 saturated carbocycles. The van der Waals surface area contributed by atoms with Crippen LogP contribution in [0.1, 0.15) is 17.3 Å². The van der Waals surface area contributed by atoms with E-state index in [1.54, 1.807) is 6.20 Å². The van der Waals surface area contributed by atoms with Crippen molar-refractivity contribution in [2.45, 2.75) is 13.8 Å². The van der Waals surface area contributed by atoms with E-state index in [-0.39, 0.29) is 5.91 Å². The standard InChI is InChI=1S/C15H18N4O3/c1-10-7-12-9-16-19(11(2)20)14(12)8-13(10)17-3-5-18(6-4-17)15(21)22/h7-9H,3-6H2,1-2H3,(H,21,22). The smallest absolute Gasteiger partial charge is 0.407 e. The molecule has 116 valence electrons. The molecule has 1 aromatic heterocycles. The molecule has 1 aromatic carbocycles. The zero-order chi connectivity index (χ0) is 15.9. The summed E-state index contributed by atoms with van der Waals surface area (Å²) in [6.45, 7) is 5.76. The Bertz CT molecular complexity index is 745. The average Bonchev–Trinajstić information content (AvgIpc) is 2.89. The Morgan fingerprint density at radius 1 is 1.18 bits per heavy atom. The normalized spacial score (nSPS) is 15.4. The molecule has 1 aliphatic rings. The Balaban J connectivity index is 1.94. The van der Waals surface area contributed by atoms with Crippen LogP contribution in [-0.2, 0) is 0 Å². The summed E-state index contributed by atoms with van der Waals surface area (Å²) < 4.78 is 1.39. The van der Waals surface area contributed by atoms with Gasteiger partial charge in [-0.2, -0.15) is 5.10 Å². The number of carbonyl (C=O) groups excluding carboxylic acids is 1. The van der Waals surface area contributed by atoms with Crippen molar-refractivity contribution in [3.8, 4) is 0 Å². The second kappa shape index (κ2) is 5.32. The van der Waals surface area contributed by atoms with Crippen LogP contribution in [0.3, 0.4) is 0 Å². The topological polar surface area (TPSA) is 78.7 Å². The van der Waals surface area contributed by atoms with Gasteiger partial charge in [0.15, 0.2) is 0 Å². The van der Waals surface area contributed by atoms with Crippen molar-refractivity contribution in [2.24, 2.45) is 0 Å². The first kappa shape index (κ1) is 14.4. The van der Waals surface area contributed by atoms with Gasteiger partial charge in [-0.15, -0.1) is 0 Å². The lowest BCUT2D eigenvalue weighted by Crippen LogP contribution is -2.48. The van der Waals surface area contributed by atoms with E-state index < -0.39 is 6.09 Å². The average molecular weight is 302 g/mol. The largest absolute Gasteiger partial charge is 0.465 e. The Morgan fingerprint density at radius 2 is 1.86 bits per heavy atom. The second-order valence-corrected chi connectivity index (χ2v) is 5.53. The summed E-state index contributed by atoms with van der Waals surface area (Å²) in [6, 6.07) is 3.98. The van der Waals surface area contributed by atoms with Crippen LogP contribution in [0, 0.1) is 6.92 Å². The van der Waals surface area contributed by atoms with Crippen molar-refractivity contribution < 1.29 is 14.7 Å². The number of carboxylic acid groups (broad SMARTS) is 1. The number of aromatic nitrogens is 2. The van der Waals surface area contributed by atoms with Crippen molar-refractivity contribution in [1.82, 2.24) is 14.7 Å². The maximum Gasteiger partial charge on any atom is 0.407 e. The van der Waals surface area contributed by atoms with E-state index in [0.717, 1.165) is 22.2 Å². The van der Waals surface area contributed by atoms with Gasteiger partial charge in [0, 0.05) is 44.2 Å². The molecule has 2 heterocycles. The van der Waals surface area contributed by atoms with E-state index in [0.29, 0.717) is 26.2 Å². The second-order valence-electron chi connectivity index (χ2n) is 5.53. The van der Waals surface area contributed by atoms with Gasteiger partial charge in [0.1, 0.15) is 0 Å². The minimum atomic E-state index is -0.874. The molecule has 1 aliphatic heterocycles. The maximum atomic E-state index is 11.6. The van der Waals surface area contributed by atoms with Gasteiger partial charge in [-0.05, 0) is 24.6 Å². The van der Waals surface area contributed by atoms with Crippen LogP contribution >= 0.6 is 0 Å². The summed E-state index contributed by atoms with van der Waals surface area (Å²) in [5.74, 6) is -0.125. The number of piperazine rings is 1. The molecule has 22 heavy (non-hydrogen) atoms. The van der Waals surface area contributed by atoms with Crippen molar-refractivity contribution in [2.75, 3.05) is 31.1 Å². The summed E-state index contributed by atoms with van der Waals surface area (Å²) in [5.41, 5.74) is 2.91. The molecule has 1 amide bonds. The van der Waals surface area contributed by atoms with Crippen molar-refractivity contribution in [1.29, 1.82) is 0 Å². The monoisotopic (exact) mass is 302 g/mol. The fourth-order valence-electron chi connectivity index (χ4n) is 2.91. The zero-order valence-electron chi connectivity index (χ0n) is 12.6. The Labute approximate surface area is 127 Å². The van der Waals surface area contributed by atoms with Crippen molar-refractivity contribution in [3.05, 3.63) is 23.9 Å². The number of benzene rings is 1. The lowest BCUT2D eigenvalue weighted by atomic mass is 10.1. The van der Waals surface area contributed by atoms with Crippen LogP contribution < -0.4 is 4.90 Å². The number of aryl methyl sites for hydroxylation is 1. The highest BCUT2D eigenvalue weighted by atomic mass is 16.4. The Morgan fingerprint density at radius 3 is 2.45 bits per heavy atom. The molecule has 0 atom stereocenters. The summed E-state index contributed by atoms with van der Waals surface area (Å²) in [4.78, 5) is 26.2. The predicted octanol–water partition coefficient (Wildman–Crippen LogP) is 1.80. The molecule has 1 N–H and O–H groups in total. The van der Waals surface area contributed by atoms with Crippen molar-refractivity contribution in [3.63, 3.8) is 0 Å². The number of nitrogens with zero attached hydrogens (tertiary/aromatic N) is 4. The molecule has 0 aliphatic carbocycles. The molecule has 2 aromatic rings. The summed E-state index contributed by atoms with van der Waals surface area (Å²) in [6.07, 6.45) is 0.817. The fourth-order valence-corrected chi connectivity index (χ4v) is 2.91. The van der Waals surface area contributed by atoms with Crippen LogP contribution in [0.2, 0.25) is 0 Å². The molecule has 1 saturated heterocycles. The van der Waals surface area contributed by atoms with Crippen LogP contribution in [0.15, 0.2) is 18.3 Å². The van der Waals surface area contributed by atoms with Crippen LogP contribution in [0.25, 0.3) is 10.9 Å². The van der Waals surface area contributed by atoms with Crippen LogP contribution in [-0.4, -0.2) is 58.0 Å². The molecule has 0 bridgehead atoms. The molecule has 7 nitrogen and oxygen atoms in total. The molecule has 1 fully saturated rings. The highest BCUT2D eigenvalue weighted by Crippen LogP contribution is 2.27. The molecule has 3 rings (SSSR count). The van der Waals surface area contributed by atoms with E-state index in [1.807, 2.05) is 19.1 Å². The fraction of sp³-hybridized carbons (Fsp3) is 0.400. The third kappa shape index (κ3) is 2.38. The molecular formula is C15H18N4O3. The van der Waals surface area contributed by atoms with E-state index in [9.17, 15) is 9.59 Å². The van der Waals surface area contributed by atoms with E-state index in [2.05, 4.69) is 10.00 Å². The third-order valence-electron chi connectivity index (χ3n) is 4.07. The number of hydrogen-bond donors (Lipinski definition) is 1. The quantitative estimate of drug-likeness (QED) is 0.869. The summed E-state index contributed by atoms with van der Waals surface area (Å²) in [5, 5.41) is 14.1. The maximum absolute atomic E-state index is 11.6. The van der Waals surface area contributed by atoms with Crippen molar-refractivity contribution >= 4 is 28.6 Å². The van der Waals surface area contributed by atoms with Gasteiger partial charge in [0.25, 0.3) is 0 Å². The number of hydrogen-bond acceptors (Lipinski definition) is 4. The van der Waals surface area contributed by atoms with Gasteiger partial charge in [-0.1, -0.05) is 0 Å². The Kier molecular flexibility index (Phi) is 3.48. The molecule has 0 radical (unpaired) electrons. The lowest BCUT2D eigenvalue weighted by Gasteiger charge is -2.35. The number of anilines is 1. The molecule has 7 heteroatoms. The van der Waals surface area contributed by atoms with Crippen LogP contribution in [0.4, 0.5) is 10.5 Å². The molecular weight excluding hydrogens is 284 g/mol. The number of carbonyl (C=O) groups is 2. The minimum Gasteiger partial charge on any atom is -0.465 e. The minimum absolute atomic E-state index is 0.125. The third-order valence-corrected chi connectivity index (χ3v) is 4.07. The van der Waals surface area contributed by atoms with Crippen LogP contribution in [0.5, 0.6) is 0 Å². The highest BCUT2D eigenvalue weighted by Gasteiger charge is 2.22. The Hall–Kier alpha value is -2.57. The number of fused-ring (bicyclic) bond motifs is 1. The van der Waals surface area contributed by atoms with E-state index in [1.165, 1.54) is 16.5 Å². The first-order chi connectivity index (χ1) is 10.5. The molecule has 0 unspecified atom stereocenters. The highest BCUT2D eigenvalue weighted by molar-refractivity contribution is 5.92. The number of amides is 1. The van der Waals surface area contributed by atoms with Gasteiger partial charge in [-0.25, -0.2) is 9.48 Å². The summed E-state index contributed by atoms with van der Waals surface area (Å²) >= 11 is 0. The zero-order valence-corrected chi connectivity index (χ0v) is 12.6. The lowest BCUT2D eigenvalue weighted by molar-refractivity contribution is 0.0926. The predicted molar refractivity (Wildman–Crippen MR) is 82.6 cm³/mol. The van der Waals surface area contributed by atoms with Gasteiger partial charge in [0.2, 0.25) is 5.91 Å². The first-order valence-electron chi connectivity index (χ1n) is 7.19. The molecule has 0 spiro atoms. The van der Waals surface area contributed by atoms with Gasteiger partial charge >= 0.3 is 6.09 Å². The first-order valence-corrected chi connectivity index (χ1v) is 7.19. The summed E-state index contributed by atoms with van der Waals surface area (Å²) in [7, 11) is 0. The SMILES string of the molecule is CC(=O)n1ncc2cc(C)c(N3CCN(C(=O)O)CC3)cc21. The van der Waals surface area contributed by atoms with E-state index >= 15 is 0 Å². The van der Waals surface area contributed by atoms with E-state index in [4.69, 9.17) is 5.11 Å². The number of rotatable bonds is 1. The van der Waals surface area contributed by atoms with Gasteiger partial charge in [0.05, 0.1) is 11.7 Å². The van der Waals surface area contributed by atoms with Gasteiger partial charge < -0.3 is 14.9 Å².